The van der Waals surface area contributed by atoms with Crippen molar-refractivity contribution in [3.63, 3.8) is 0 Å². The summed E-state index contributed by atoms with van der Waals surface area (Å²) in [6.07, 6.45) is 2.65. The Labute approximate surface area is 241 Å². The Morgan fingerprint density at radius 1 is 1.02 bits per heavy atom. The lowest BCUT2D eigenvalue weighted by Gasteiger charge is -2.20. The van der Waals surface area contributed by atoms with E-state index in [9.17, 15) is 17.6 Å². The van der Waals surface area contributed by atoms with Crippen molar-refractivity contribution in [3.05, 3.63) is 89.9 Å². The van der Waals surface area contributed by atoms with Crippen LogP contribution in [0.3, 0.4) is 0 Å². The first-order valence-electron chi connectivity index (χ1n) is 13.0. The smallest absolute Gasteiger partial charge is 0.255 e. The summed E-state index contributed by atoms with van der Waals surface area (Å²) in [6, 6.07) is 18.6. The number of nitrogens with zero attached hydrogens (tertiary/aromatic N) is 3. The van der Waals surface area contributed by atoms with Gasteiger partial charge in [-0.05, 0) is 55.0 Å². The molecule has 6 rings (SSSR count). The van der Waals surface area contributed by atoms with Gasteiger partial charge in [0.2, 0.25) is 10.0 Å². The SMILES string of the molecule is CNC(=O)c1c(-c2ccc(F)cc2)oc2cc(N(C)S(C)(=O)=O)c(-c3cnnc(-c4[nH]c5ccccc5c4C)c3)cc12. The number of furan rings is 1. The zero-order valence-corrected chi connectivity index (χ0v) is 24.0. The second kappa shape index (κ2) is 10.1. The predicted molar refractivity (Wildman–Crippen MR) is 161 cm³/mol. The zero-order chi connectivity index (χ0) is 29.8. The minimum absolute atomic E-state index is 0.233. The van der Waals surface area contributed by atoms with Crippen molar-refractivity contribution in [2.75, 3.05) is 24.7 Å². The maximum absolute atomic E-state index is 13.7. The number of anilines is 1. The van der Waals surface area contributed by atoms with Crippen molar-refractivity contribution >= 4 is 43.5 Å². The molecule has 6 aromatic rings. The van der Waals surface area contributed by atoms with Gasteiger partial charge in [-0.3, -0.25) is 9.10 Å². The fourth-order valence-electron chi connectivity index (χ4n) is 5.13. The number of hydrogen-bond donors (Lipinski definition) is 2. The van der Waals surface area contributed by atoms with Crippen LogP contribution in [0, 0.1) is 12.7 Å². The quantitative estimate of drug-likeness (QED) is 0.252. The molecule has 0 saturated carbocycles. The second-order valence-electron chi connectivity index (χ2n) is 9.99. The molecule has 0 aliphatic heterocycles. The van der Waals surface area contributed by atoms with E-state index >= 15 is 0 Å². The topological polar surface area (TPSA) is 121 Å². The van der Waals surface area contributed by atoms with E-state index in [1.165, 1.54) is 38.4 Å². The third-order valence-electron chi connectivity index (χ3n) is 7.39. The summed E-state index contributed by atoms with van der Waals surface area (Å²) in [5.74, 6) is -0.607. The third-order valence-corrected chi connectivity index (χ3v) is 8.58. The van der Waals surface area contributed by atoms with Crippen LogP contribution in [0.2, 0.25) is 0 Å². The van der Waals surface area contributed by atoms with E-state index in [-0.39, 0.29) is 16.9 Å². The Hall–Kier alpha value is -5.03. The number of carbonyl (C=O) groups is 1. The summed E-state index contributed by atoms with van der Waals surface area (Å²) >= 11 is 0. The van der Waals surface area contributed by atoms with Gasteiger partial charge in [-0.2, -0.15) is 5.10 Å². The molecule has 3 heterocycles. The highest BCUT2D eigenvalue weighted by Gasteiger charge is 2.26. The highest BCUT2D eigenvalue weighted by atomic mass is 32.2. The Bertz CT molecular complexity index is 2120. The van der Waals surface area contributed by atoms with Crippen LogP contribution in [0.1, 0.15) is 15.9 Å². The first kappa shape index (κ1) is 27.2. The molecular weight excluding hydrogens is 557 g/mol. The van der Waals surface area contributed by atoms with Crippen LogP contribution in [0.5, 0.6) is 0 Å². The summed E-state index contributed by atoms with van der Waals surface area (Å²) in [4.78, 5) is 16.6. The third kappa shape index (κ3) is 4.57. The van der Waals surface area contributed by atoms with Crippen molar-refractivity contribution in [1.29, 1.82) is 0 Å². The number of amides is 1. The molecule has 0 unspecified atom stereocenters. The predicted octanol–water partition coefficient (Wildman–Crippen LogP) is 5.91. The number of aryl methyl sites for hydroxylation is 1. The van der Waals surface area contributed by atoms with E-state index in [1.807, 2.05) is 37.3 Å². The number of carbonyl (C=O) groups excluding carboxylic acids is 1. The molecule has 212 valence electrons. The van der Waals surface area contributed by atoms with Gasteiger partial charge in [0.25, 0.3) is 5.91 Å². The molecule has 0 spiro atoms. The number of aromatic nitrogens is 3. The fourth-order valence-corrected chi connectivity index (χ4v) is 5.64. The zero-order valence-electron chi connectivity index (χ0n) is 23.2. The van der Waals surface area contributed by atoms with Crippen LogP contribution in [0.25, 0.3) is 55.7 Å². The molecule has 0 fully saturated rings. The molecule has 0 aliphatic carbocycles. The van der Waals surface area contributed by atoms with Crippen LogP contribution in [-0.2, 0) is 10.0 Å². The van der Waals surface area contributed by atoms with Crippen LogP contribution in [0.4, 0.5) is 10.1 Å². The number of aromatic amines is 1. The van der Waals surface area contributed by atoms with Crippen molar-refractivity contribution < 1.29 is 22.0 Å². The molecule has 0 aliphatic rings. The van der Waals surface area contributed by atoms with Gasteiger partial charge in [-0.15, -0.1) is 5.10 Å². The minimum atomic E-state index is -3.69. The molecular formula is C31H26FN5O4S. The molecule has 42 heavy (non-hydrogen) atoms. The van der Waals surface area contributed by atoms with Crippen LogP contribution in [0.15, 0.2) is 77.3 Å². The molecule has 0 atom stereocenters. The molecule has 1 amide bonds. The summed E-state index contributed by atoms with van der Waals surface area (Å²) in [5, 5.41) is 12.8. The first-order valence-corrected chi connectivity index (χ1v) is 14.8. The van der Waals surface area contributed by atoms with Crippen molar-refractivity contribution in [2.45, 2.75) is 6.92 Å². The number of hydrogen-bond acceptors (Lipinski definition) is 6. The standard InChI is InChI=1S/C31H26FN5O4S/c1-17-21-7-5-6-8-24(21)35-29(17)25-13-19(16-34-36-25)22-14-23-27(15-26(22)37(3)42(4,39)40)41-30(28(23)31(38)33-2)18-9-11-20(32)12-10-18/h5-16,35H,1-4H3,(H,33,38). The molecule has 0 radical (unpaired) electrons. The molecule has 9 nitrogen and oxygen atoms in total. The molecule has 3 aromatic heterocycles. The number of H-pyrrole nitrogens is 1. The largest absolute Gasteiger partial charge is 0.455 e. The van der Waals surface area contributed by atoms with Crippen LogP contribution in [-0.4, -0.2) is 49.9 Å². The Morgan fingerprint density at radius 3 is 2.45 bits per heavy atom. The fraction of sp³-hybridized carbons (Fsp3) is 0.129. The maximum atomic E-state index is 13.7. The van der Waals surface area contributed by atoms with Gasteiger partial charge >= 0.3 is 0 Å². The number of benzene rings is 3. The molecule has 3 aromatic carbocycles. The van der Waals surface area contributed by atoms with Gasteiger partial charge in [0.1, 0.15) is 22.9 Å². The van der Waals surface area contributed by atoms with E-state index in [4.69, 9.17) is 4.42 Å². The number of sulfonamides is 1. The Morgan fingerprint density at radius 2 is 1.76 bits per heavy atom. The average molecular weight is 584 g/mol. The van der Waals surface area contributed by atoms with Gasteiger partial charge in [-0.1, -0.05) is 18.2 Å². The van der Waals surface area contributed by atoms with E-state index in [1.54, 1.807) is 18.3 Å². The van der Waals surface area contributed by atoms with Gasteiger partial charge in [0.05, 0.1) is 29.4 Å². The summed E-state index contributed by atoms with van der Waals surface area (Å²) in [7, 11) is -0.745. The van der Waals surface area contributed by atoms with Gasteiger partial charge < -0.3 is 14.7 Å². The lowest BCUT2D eigenvalue weighted by Crippen LogP contribution is -2.25. The van der Waals surface area contributed by atoms with Crippen LogP contribution >= 0.6 is 0 Å². The highest BCUT2D eigenvalue weighted by Crippen LogP contribution is 2.42. The summed E-state index contributed by atoms with van der Waals surface area (Å²) < 4.78 is 46.4. The lowest BCUT2D eigenvalue weighted by atomic mass is 9.98. The highest BCUT2D eigenvalue weighted by molar-refractivity contribution is 7.92. The molecule has 0 bridgehead atoms. The molecule has 11 heteroatoms. The minimum Gasteiger partial charge on any atom is -0.455 e. The Balaban J connectivity index is 1.62. The van der Waals surface area contributed by atoms with Gasteiger partial charge in [-0.25, -0.2) is 12.8 Å². The summed E-state index contributed by atoms with van der Waals surface area (Å²) in [6.45, 7) is 2.00. The normalized spacial score (nSPS) is 11.7. The number of nitrogens with one attached hydrogen (secondary N) is 2. The van der Waals surface area contributed by atoms with Crippen molar-refractivity contribution in [2.24, 2.45) is 0 Å². The van der Waals surface area contributed by atoms with E-state index in [0.29, 0.717) is 33.5 Å². The average Bonchev–Trinajstić information content (AvgIpc) is 3.53. The monoisotopic (exact) mass is 583 g/mol. The van der Waals surface area contributed by atoms with E-state index < -0.39 is 21.7 Å². The Kier molecular flexibility index (Phi) is 6.53. The second-order valence-corrected chi connectivity index (χ2v) is 12.0. The number of halogens is 1. The number of rotatable bonds is 6. The maximum Gasteiger partial charge on any atom is 0.255 e. The van der Waals surface area contributed by atoms with Crippen molar-refractivity contribution in [3.8, 4) is 33.8 Å². The molecule has 0 saturated heterocycles. The number of fused-ring (bicyclic) bond motifs is 2. The lowest BCUT2D eigenvalue weighted by molar-refractivity contribution is 0.0964. The van der Waals surface area contributed by atoms with E-state index in [0.717, 1.165) is 32.7 Å². The molecule has 2 N–H and O–H groups in total. The van der Waals surface area contributed by atoms with Gasteiger partial charge in [0.15, 0.2) is 0 Å². The van der Waals surface area contributed by atoms with Crippen LogP contribution < -0.4 is 9.62 Å². The first-order chi connectivity index (χ1) is 20.1. The van der Waals surface area contributed by atoms with E-state index in [2.05, 4.69) is 20.5 Å². The van der Waals surface area contributed by atoms with Gasteiger partial charge in [0, 0.05) is 53.1 Å². The summed E-state index contributed by atoms with van der Waals surface area (Å²) in [5.41, 5.74) is 5.73. The number of para-hydroxylation sites is 1. The van der Waals surface area contributed by atoms with Crippen molar-refractivity contribution in [1.82, 2.24) is 20.5 Å².